The van der Waals surface area contributed by atoms with Crippen LogP contribution in [0.2, 0.25) is 0 Å². The van der Waals surface area contributed by atoms with Gasteiger partial charge in [-0.15, -0.1) is 0 Å². The van der Waals surface area contributed by atoms with Crippen LogP contribution in [0.3, 0.4) is 0 Å². The van der Waals surface area contributed by atoms with Gasteiger partial charge in [-0.2, -0.15) is 0 Å². The third-order valence-electron chi connectivity index (χ3n) is 7.37. The largest absolute Gasteiger partial charge is 0.0616 e. The zero-order valence-electron chi connectivity index (χ0n) is 15.7. The molecular formula is C25H26. The lowest BCUT2D eigenvalue weighted by atomic mass is 9.71. The molecule has 0 amide bonds. The van der Waals surface area contributed by atoms with E-state index in [9.17, 15) is 0 Å². The Hall–Kier alpha value is -2.08. The molecule has 3 aromatic rings. The predicted octanol–water partition coefficient (Wildman–Crippen LogP) is 7.42. The van der Waals surface area contributed by atoms with Crippen molar-refractivity contribution in [3.8, 4) is 22.3 Å². The fraction of sp³-hybridized carbons (Fsp3) is 0.360. The van der Waals surface area contributed by atoms with E-state index in [4.69, 9.17) is 0 Å². The highest BCUT2D eigenvalue weighted by atomic mass is 14.5. The van der Waals surface area contributed by atoms with Crippen molar-refractivity contribution in [2.24, 2.45) is 10.8 Å². The quantitative estimate of drug-likeness (QED) is 0.341. The number of fused-ring (bicyclic) bond motifs is 3. The van der Waals surface area contributed by atoms with Crippen LogP contribution in [0.4, 0.5) is 0 Å². The summed E-state index contributed by atoms with van der Waals surface area (Å²) >= 11 is 0. The number of benzene rings is 3. The van der Waals surface area contributed by atoms with Gasteiger partial charge in [0.15, 0.2) is 0 Å². The van der Waals surface area contributed by atoms with E-state index >= 15 is 0 Å². The molecule has 1 fully saturated rings. The summed E-state index contributed by atoms with van der Waals surface area (Å²) < 4.78 is 0. The molecule has 126 valence electrons. The zero-order chi connectivity index (χ0) is 17.4. The molecule has 3 aromatic carbocycles. The van der Waals surface area contributed by atoms with Crippen LogP contribution in [0.1, 0.15) is 52.0 Å². The Labute approximate surface area is 150 Å². The normalized spacial score (nSPS) is 20.2. The number of hydrogen-bond acceptors (Lipinski definition) is 0. The summed E-state index contributed by atoms with van der Waals surface area (Å²) in [4.78, 5) is 0. The van der Waals surface area contributed by atoms with Crippen LogP contribution in [-0.2, 0) is 0 Å². The highest BCUT2D eigenvalue weighted by Gasteiger charge is 2.47. The van der Waals surface area contributed by atoms with Crippen molar-refractivity contribution in [3.63, 3.8) is 0 Å². The van der Waals surface area contributed by atoms with Gasteiger partial charge in [-0.05, 0) is 68.2 Å². The maximum absolute atomic E-state index is 2.45. The summed E-state index contributed by atoms with van der Waals surface area (Å²) in [6, 6.07) is 20.6. The molecule has 0 saturated heterocycles. The SMILES string of the molecule is CC1(C)CC(c2ccc3c4c(cccc24)-c2ccccc2-3)CC1(C)C. The van der Waals surface area contributed by atoms with E-state index in [1.165, 1.54) is 45.9 Å². The van der Waals surface area contributed by atoms with E-state index in [0.29, 0.717) is 16.7 Å². The molecule has 0 spiro atoms. The average molecular weight is 326 g/mol. The first-order chi connectivity index (χ1) is 11.9. The minimum atomic E-state index is 0.392. The van der Waals surface area contributed by atoms with Crippen molar-refractivity contribution >= 4 is 10.8 Å². The van der Waals surface area contributed by atoms with E-state index in [2.05, 4.69) is 82.3 Å². The van der Waals surface area contributed by atoms with Crippen molar-refractivity contribution in [2.45, 2.75) is 46.5 Å². The van der Waals surface area contributed by atoms with E-state index in [1.54, 1.807) is 5.56 Å². The predicted molar refractivity (Wildman–Crippen MR) is 108 cm³/mol. The number of rotatable bonds is 1. The van der Waals surface area contributed by atoms with Gasteiger partial charge in [-0.25, -0.2) is 0 Å². The highest BCUT2D eigenvalue weighted by Crippen LogP contribution is 2.59. The van der Waals surface area contributed by atoms with E-state index < -0.39 is 0 Å². The minimum Gasteiger partial charge on any atom is -0.0616 e. The van der Waals surface area contributed by atoms with E-state index in [1.807, 2.05) is 0 Å². The fourth-order valence-electron chi connectivity index (χ4n) is 5.26. The molecule has 0 aliphatic heterocycles. The van der Waals surface area contributed by atoms with E-state index in [-0.39, 0.29) is 0 Å². The molecule has 0 unspecified atom stereocenters. The van der Waals surface area contributed by atoms with E-state index in [0.717, 1.165) is 0 Å². The molecule has 0 radical (unpaired) electrons. The number of hydrogen-bond donors (Lipinski definition) is 0. The van der Waals surface area contributed by atoms with Crippen LogP contribution in [-0.4, -0.2) is 0 Å². The molecule has 0 atom stereocenters. The molecule has 0 bridgehead atoms. The summed E-state index contributed by atoms with van der Waals surface area (Å²) in [5, 5.41) is 2.95. The van der Waals surface area contributed by atoms with Crippen molar-refractivity contribution in [1.29, 1.82) is 0 Å². The Morgan fingerprint density at radius 3 is 1.84 bits per heavy atom. The summed E-state index contributed by atoms with van der Waals surface area (Å²) in [7, 11) is 0. The lowest BCUT2D eigenvalue weighted by Crippen LogP contribution is -2.25. The molecule has 0 heterocycles. The second kappa shape index (κ2) is 4.75. The van der Waals surface area contributed by atoms with Crippen LogP contribution in [0.5, 0.6) is 0 Å². The molecule has 2 aliphatic rings. The second-order valence-electron chi connectivity index (χ2n) is 9.35. The lowest BCUT2D eigenvalue weighted by Gasteiger charge is -2.34. The van der Waals surface area contributed by atoms with Gasteiger partial charge in [-0.1, -0.05) is 82.3 Å². The maximum atomic E-state index is 2.45. The second-order valence-corrected chi connectivity index (χ2v) is 9.35. The molecule has 5 rings (SSSR count). The van der Waals surface area contributed by atoms with Gasteiger partial charge in [0.25, 0.3) is 0 Å². The monoisotopic (exact) mass is 326 g/mol. The minimum absolute atomic E-state index is 0.392. The maximum Gasteiger partial charge on any atom is -0.00235 e. The standard InChI is InChI=1S/C25H26/c1-24(2)14-16(15-25(24,3)4)17-12-13-22-19-9-6-5-8-18(19)21-11-7-10-20(17)23(21)22/h5-13,16H,14-15H2,1-4H3. The molecule has 0 N–H and O–H groups in total. The first-order valence-corrected chi connectivity index (χ1v) is 9.54. The molecule has 2 aliphatic carbocycles. The summed E-state index contributed by atoms with van der Waals surface area (Å²) in [6.45, 7) is 9.79. The van der Waals surface area contributed by atoms with Gasteiger partial charge in [0, 0.05) is 0 Å². The first-order valence-electron chi connectivity index (χ1n) is 9.54. The van der Waals surface area contributed by atoms with Gasteiger partial charge in [-0.3, -0.25) is 0 Å². The van der Waals surface area contributed by atoms with Crippen molar-refractivity contribution in [3.05, 3.63) is 60.2 Å². The van der Waals surface area contributed by atoms with Gasteiger partial charge in [0.1, 0.15) is 0 Å². The fourth-order valence-corrected chi connectivity index (χ4v) is 5.26. The van der Waals surface area contributed by atoms with Crippen molar-refractivity contribution in [2.75, 3.05) is 0 Å². The van der Waals surface area contributed by atoms with Gasteiger partial charge in [0.2, 0.25) is 0 Å². The van der Waals surface area contributed by atoms with Gasteiger partial charge >= 0.3 is 0 Å². The molecule has 0 nitrogen and oxygen atoms in total. The van der Waals surface area contributed by atoms with Gasteiger partial charge < -0.3 is 0 Å². The van der Waals surface area contributed by atoms with Crippen molar-refractivity contribution in [1.82, 2.24) is 0 Å². The molecular weight excluding hydrogens is 300 g/mol. The van der Waals surface area contributed by atoms with Crippen LogP contribution in [0, 0.1) is 10.8 Å². The van der Waals surface area contributed by atoms with Gasteiger partial charge in [0.05, 0.1) is 0 Å². The lowest BCUT2D eigenvalue weighted by molar-refractivity contribution is 0.157. The summed E-state index contributed by atoms with van der Waals surface area (Å²) in [5.41, 5.74) is 7.97. The van der Waals surface area contributed by atoms with Crippen LogP contribution >= 0.6 is 0 Å². The Balaban J connectivity index is 1.73. The first kappa shape index (κ1) is 15.2. The Morgan fingerprint density at radius 2 is 1.20 bits per heavy atom. The Kier molecular flexibility index (Phi) is 2.89. The van der Waals surface area contributed by atoms with Crippen molar-refractivity contribution < 1.29 is 0 Å². The Morgan fingerprint density at radius 1 is 0.640 bits per heavy atom. The molecule has 1 saturated carbocycles. The van der Waals surface area contributed by atoms with Crippen LogP contribution < -0.4 is 0 Å². The van der Waals surface area contributed by atoms with Crippen LogP contribution in [0.15, 0.2) is 54.6 Å². The average Bonchev–Trinajstić information content (AvgIpc) is 3.01. The smallest absolute Gasteiger partial charge is 0.00235 e. The summed E-state index contributed by atoms with van der Waals surface area (Å²) in [6.07, 6.45) is 2.57. The summed E-state index contributed by atoms with van der Waals surface area (Å²) in [5.74, 6) is 0.665. The molecule has 0 heteroatoms. The highest BCUT2D eigenvalue weighted by molar-refractivity contribution is 6.16. The topological polar surface area (TPSA) is 0 Å². The van der Waals surface area contributed by atoms with Crippen LogP contribution in [0.25, 0.3) is 33.0 Å². The zero-order valence-corrected chi connectivity index (χ0v) is 15.7. The molecule has 25 heavy (non-hydrogen) atoms. The Bertz CT molecular complexity index is 958. The third-order valence-corrected chi connectivity index (χ3v) is 7.37. The molecule has 0 aromatic heterocycles. The third kappa shape index (κ3) is 1.94.